The van der Waals surface area contributed by atoms with Gasteiger partial charge < -0.3 is 10.6 Å². The summed E-state index contributed by atoms with van der Waals surface area (Å²) in [5.41, 5.74) is -0.0106. The van der Waals surface area contributed by atoms with Gasteiger partial charge in [-0.15, -0.1) is 12.4 Å². The van der Waals surface area contributed by atoms with Crippen molar-refractivity contribution in [1.29, 1.82) is 0 Å². The van der Waals surface area contributed by atoms with E-state index >= 15 is 0 Å². The normalized spacial score (nSPS) is 9.44. The Balaban J connectivity index is 0.00000225. The van der Waals surface area contributed by atoms with Gasteiger partial charge in [-0.3, -0.25) is 4.79 Å². The van der Waals surface area contributed by atoms with Crippen LogP contribution in [-0.4, -0.2) is 26.0 Å². The summed E-state index contributed by atoms with van der Waals surface area (Å²) in [6, 6.07) is 2.72. The first-order chi connectivity index (χ1) is 7.13. The van der Waals surface area contributed by atoms with Gasteiger partial charge in [0.2, 0.25) is 0 Å². The number of carbonyl (C=O) groups excluding carboxylic acids is 1. The van der Waals surface area contributed by atoms with Crippen molar-refractivity contribution in [2.45, 2.75) is 0 Å². The lowest BCUT2D eigenvalue weighted by atomic mass is 10.2. The van der Waals surface area contributed by atoms with Gasteiger partial charge in [-0.1, -0.05) is 0 Å². The van der Waals surface area contributed by atoms with E-state index in [1.165, 1.54) is 0 Å². The Bertz CT molecular complexity index is 340. The van der Waals surface area contributed by atoms with E-state index in [-0.39, 0.29) is 18.0 Å². The Morgan fingerprint density at radius 1 is 1.19 bits per heavy atom. The summed E-state index contributed by atoms with van der Waals surface area (Å²) < 4.78 is 25.5. The van der Waals surface area contributed by atoms with Gasteiger partial charge in [0.05, 0.1) is 0 Å². The van der Waals surface area contributed by atoms with Crippen LogP contribution in [0, 0.1) is 11.6 Å². The highest BCUT2D eigenvalue weighted by molar-refractivity contribution is 5.94. The first-order valence-electron chi connectivity index (χ1n) is 4.52. The topological polar surface area (TPSA) is 41.1 Å². The number of amides is 1. The zero-order valence-electron chi connectivity index (χ0n) is 8.72. The van der Waals surface area contributed by atoms with Crippen molar-refractivity contribution in [1.82, 2.24) is 10.6 Å². The second kappa shape index (κ2) is 7.14. The largest absolute Gasteiger partial charge is 0.351 e. The van der Waals surface area contributed by atoms with Gasteiger partial charge in [-0.05, 0) is 19.2 Å². The minimum Gasteiger partial charge on any atom is -0.351 e. The Hall–Kier alpha value is -1.20. The molecule has 2 N–H and O–H groups in total. The van der Waals surface area contributed by atoms with Crippen molar-refractivity contribution in [2.24, 2.45) is 0 Å². The maximum atomic E-state index is 12.7. The molecule has 0 bridgehead atoms. The number of rotatable bonds is 4. The molecule has 6 heteroatoms. The zero-order chi connectivity index (χ0) is 11.3. The van der Waals surface area contributed by atoms with Gasteiger partial charge in [0, 0.05) is 24.7 Å². The highest BCUT2D eigenvalue weighted by Gasteiger charge is 2.07. The van der Waals surface area contributed by atoms with Crippen LogP contribution in [0.4, 0.5) is 8.78 Å². The lowest BCUT2D eigenvalue weighted by Gasteiger charge is -2.04. The first kappa shape index (κ1) is 14.8. The molecular weight excluding hydrogens is 238 g/mol. The predicted molar refractivity (Wildman–Crippen MR) is 59.9 cm³/mol. The molecule has 3 nitrogen and oxygen atoms in total. The third-order valence-electron chi connectivity index (χ3n) is 1.79. The average molecular weight is 251 g/mol. The van der Waals surface area contributed by atoms with E-state index in [2.05, 4.69) is 10.6 Å². The first-order valence-corrected chi connectivity index (χ1v) is 4.52. The number of hydrogen-bond donors (Lipinski definition) is 2. The molecule has 0 fully saturated rings. The molecule has 90 valence electrons. The second-order valence-electron chi connectivity index (χ2n) is 3.02. The fourth-order valence-corrected chi connectivity index (χ4v) is 1.09. The lowest BCUT2D eigenvalue weighted by molar-refractivity contribution is 0.0953. The molecule has 0 aliphatic heterocycles. The molecule has 0 aliphatic rings. The fourth-order valence-electron chi connectivity index (χ4n) is 1.09. The van der Waals surface area contributed by atoms with E-state index < -0.39 is 17.5 Å². The highest BCUT2D eigenvalue weighted by Crippen LogP contribution is 2.07. The Morgan fingerprint density at radius 3 is 2.25 bits per heavy atom. The van der Waals surface area contributed by atoms with Crippen LogP contribution in [-0.2, 0) is 0 Å². The van der Waals surface area contributed by atoms with Gasteiger partial charge in [-0.2, -0.15) is 0 Å². The third-order valence-corrected chi connectivity index (χ3v) is 1.79. The van der Waals surface area contributed by atoms with Crippen LogP contribution in [0.2, 0.25) is 0 Å². The van der Waals surface area contributed by atoms with Crippen molar-refractivity contribution >= 4 is 18.3 Å². The van der Waals surface area contributed by atoms with Gasteiger partial charge >= 0.3 is 0 Å². The monoisotopic (exact) mass is 250 g/mol. The van der Waals surface area contributed by atoms with E-state index in [1.807, 2.05) is 0 Å². The van der Waals surface area contributed by atoms with Gasteiger partial charge in [0.1, 0.15) is 11.6 Å². The SMILES string of the molecule is CNCCNC(=O)c1cc(F)cc(F)c1.Cl. The van der Waals surface area contributed by atoms with Crippen LogP contribution in [0.15, 0.2) is 18.2 Å². The van der Waals surface area contributed by atoms with E-state index in [4.69, 9.17) is 0 Å². The van der Waals surface area contributed by atoms with Crippen LogP contribution in [0.25, 0.3) is 0 Å². The van der Waals surface area contributed by atoms with Crippen molar-refractivity contribution in [3.63, 3.8) is 0 Å². The molecule has 0 atom stereocenters. The molecule has 1 amide bonds. The van der Waals surface area contributed by atoms with E-state index in [0.717, 1.165) is 18.2 Å². The minimum atomic E-state index is -0.756. The summed E-state index contributed by atoms with van der Waals surface area (Å²) in [4.78, 5) is 11.4. The van der Waals surface area contributed by atoms with Crippen LogP contribution in [0.5, 0.6) is 0 Å². The Labute approximate surface area is 98.6 Å². The van der Waals surface area contributed by atoms with Crippen LogP contribution in [0.3, 0.4) is 0 Å². The van der Waals surface area contributed by atoms with E-state index in [9.17, 15) is 13.6 Å². The van der Waals surface area contributed by atoms with E-state index in [1.54, 1.807) is 7.05 Å². The van der Waals surface area contributed by atoms with Crippen molar-refractivity contribution in [3.8, 4) is 0 Å². The Morgan fingerprint density at radius 2 is 1.75 bits per heavy atom. The molecule has 0 saturated heterocycles. The van der Waals surface area contributed by atoms with Crippen molar-refractivity contribution < 1.29 is 13.6 Å². The number of benzene rings is 1. The zero-order valence-corrected chi connectivity index (χ0v) is 9.54. The maximum Gasteiger partial charge on any atom is 0.251 e. The van der Waals surface area contributed by atoms with Crippen LogP contribution in [0.1, 0.15) is 10.4 Å². The number of likely N-dealkylation sites (N-methyl/N-ethyl adjacent to an activating group) is 1. The predicted octanol–water partition coefficient (Wildman–Crippen LogP) is 1.34. The molecule has 0 spiro atoms. The molecule has 0 aliphatic carbocycles. The molecule has 0 radical (unpaired) electrons. The molecule has 1 aromatic carbocycles. The minimum absolute atomic E-state index is 0. The summed E-state index contributed by atoms with van der Waals surface area (Å²) in [7, 11) is 1.74. The molecule has 16 heavy (non-hydrogen) atoms. The molecule has 0 aromatic heterocycles. The molecule has 0 heterocycles. The van der Waals surface area contributed by atoms with Gasteiger partial charge in [0.25, 0.3) is 5.91 Å². The summed E-state index contributed by atoms with van der Waals surface area (Å²) >= 11 is 0. The van der Waals surface area contributed by atoms with Crippen LogP contribution >= 0.6 is 12.4 Å². The van der Waals surface area contributed by atoms with Crippen molar-refractivity contribution in [3.05, 3.63) is 35.4 Å². The third kappa shape index (κ3) is 4.55. The van der Waals surface area contributed by atoms with Crippen LogP contribution < -0.4 is 10.6 Å². The Kier molecular flexibility index (Phi) is 6.60. The fraction of sp³-hybridized carbons (Fsp3) is 0.300. The number of hydrogen-bond acceptors (Lipinski definition) is 2. The standard InChI is InChI=1S/C10H12F2N2O.ClH/c1-13-2-3-14-10(15)7-4-8(11)6-9(12)5-7;/h4-6,13H,2-3H2,1H3,(H,14,15);1H. The van der Waals surface area contributed by atoms with Crippen molar-refractivity contribution in [2.75, 3.05) is 20.1 Å². The summed E-state index contributed by atoms with van der Waals surface area (Å²) in [5.74, 6) is -1.99. The second-order valence-corrected chi connectivity index (χ2v) is 3.02. The number of carbonyl (C=O) groups is 1. The quantitative estimate of drug-likeness (QED) is 0.792. The highest BCUT2D eigenvalue weighted by atomic mass is 35.5. The summed E-state index contributed by atoms with van der Waals surface area (Å²) in [6.45, 7) is 1.01. The lowest BCUT2D eigenvalue weighted by Crippen LogP contribution is -2.30. The molecule has 1 rings (SSSR count). The van der Waals surface area contributed by atoms with E-state index in [0.29, 0.717) is 13.1 Å². The number of nitrogens with one attached hydrogen (secondary N) is 2. The maximum absolute atomic E-state index is 12.7. The average Bonchev–Trinajstić information content (AvgIpc) is 2.16. The van der Waals surface area contributed by atoms with Gasteiger partial charge in [-0.25, -0.2) is 8.78 Å². The smallest absolute Gasteiger partial charge is 0.251 e. The molecular formula is C10H13ClF2N2O. The molecule has 1 aromatic rings. The molecule has 0 unspecified atom stereocenters. The molecule has 0 saturated carbocycles. The summed E-state index contributed by atoms with van der Waals surface area (Å²) in [6.07, 6.45) is 0. The summed E-state index contributed by atoms with van der Waals surface area (Å²) in [5, 5.41) is 5.35. The number of halogens is 3. The van der Waals surface area contributed by atoms with Gasteiger partial charge in [0.15, 0.2) is 0 Å².